The molecular weight excluding hydrogens is 451 g/mol. The molecule has 1 N–H and O–H groups in total. The molecule has 0 saturated carbocycles. The fourth-order valence-electron chi connectivity index (χ4n) is 2.79. The number of aromatic nitrogens is 1. The van der Waals surface area contributed by atoms with Crippen molar-refractivity contribution in [3.05, 3.63) is 72.4 Å². The van der Waals surface area contributed by atoms with E-state index in [-0.39, 0.29) is 24.0 Å². The molecule has 0 saturated heterocycles. The standard InChI is InChI=1S/C21H24N4O.HI/c1-22-21(25(2)14-15-26-19-11-4-3-5-12-19)24-16-18-9-6-8-17-10-7-13-23-20(17)18;/h3-13H,14-16H2,1-2H3,(H,22,24);1H. The molecule has 1 aromatic heterocycles. The van der Waals surface area contributed by atoms with Crippen molar-refractivity contribution in [2.45, 2.75) is 6.54 Å². The summed E-state index contributed by atoms with van der Waals surface area (Å²) in [5, 5.41) is 4.55. The summed E-state index contributed by atoms with van der Waals surface area (Å²) in [5.74, 6) is 1.71. The van der Waals surface area contributed by atoms with Crippen molar-refractivity contribution in [3.63, 3.8) is 0 Å². The Morgan fingerprint density at radius 1 is 1.07 bits per heavy atom. The summed E-state index contributed by atoms with van der Waals surface area (Å²) in [6, 6.07) is 20.1. The molecule has 5 nitrogen and oxygen atoms in total. The highest BCUT2D eigenvalue weighted by atomic mass is 127. The smallest absolute Gasteiger partial charge is 0.193 e. The molecule has 0 unspecified atom stereocenters. The van der Waals surface area contributed by atoms with E-state index in [0.717, 1.165) is 34.7 Å². The van der Waals surface area contributed by atoms with Crippen molar-refractivity contribution < 1.29 is 4.74 Å². The zero-order chi connectivity index (χ0) is 18.2. The van der Waals surface area contributed by atoms with E-state index >= 15 is 0 Å². The molecule has 6 heteroatoms. The summed E-state index contributed by atoms with van der Waals surface area (Å²) in [4.78, 5) is 10.9. The minimum absolute atomic E-state index is 0. The van der Waals surface area contributed by atoms with Gasteiger partial charge in [0.15, 0.2) is 5.96 Å². The van der Waals surface area contributed by atoms with Crippen molar-refractivity contribution in [1.82, 2.24) is 15.2 Å². The van der Waals surface area contributed by atoms with E-state index in [4.69, 9.17) is 4.74 Å². The molecule has 142 valence electrons. The Labute approximate surface area is 177 Å². The van der Waals surface area contributed by atoms with Gasteiger partial charge in [0.05, 0.1) is 12.1 Å². The number of benzene rings is 2. The molecule has 1 heterocycles. The summed E-state index contributed by atoms with van der Waals surface area (Å²) in [6.07, 6.45) is 1.83. The molecule has 3 rings (SSSR count). The molecular formula is C21H25IN4O. The van der Waals surface area contributed by atoms with Gasteiger partial charge in [-0.25, -0.2) is 0 Å². The maximum atomic E-state index is 5.76. The quantitative estimate of drug-likeness (QED) is 0.333. The number of halogens is 1. The van der Waals surface area contributed by atoms with E-state index in [1.807, 2.05) is 49.6 Å². The minimum atomic E-state index is 0. The Kier molecular flexibility index (Phi) is 8.32. The maximum Gasteiger partial charge on any atom is 0.193 e. The SMILES string of the molecule is CN=C(NCc1cccc2cccnc12)N(C)CCOc1ccccc1.I. The Bertz CT molecular complexity index is 865. The molecule has 27 heavy (non-hydrogen) atoms. The predicted molar refractivity (Wildman–Crippen MR) is 122 cm³/mol. The van der Waals surface area contributed by atoms with Crippen LogP contribution >= 0.6 is 24.0 Å². The van der Waals surface area contributed by atoms with Crippen LogP contribution in [-0.2, 0) is 6.54 Å². The molecule has 0 fully saturated rings. The number of para-hydroxylation sites is 2. The van der Waals surface area contributed by atoms with Crippen molar-refractivity contribution >= 4 is 40.8 Å². The molecule has 0 radical (unpaired) electrons. The zero-order valence-corrected chi connectivity index (χ0v) is 18.0. The van der Waals surface area contributed by atoms with Crippen LogP contribution < -0.4 is 10.1 Å². The van der Waals surface area contributed by atoms with E-state index in [2.05, 4.69) is 44.5 Å². The first-order valence-corrected chi connectivity index (χ1v) is 8.70. The number of nitrogens with zero attached hydrogens (tertiary/aromatic N) is 3. The normalized spacial score (nSPS) is 11.0. The van der Waals surface area contributed by atoms with Gasteiger partial charge in [0.1, 0.15) is 12.4 Å². The van der Waals surface area contributed by atoms with Crippen molar-refractivity contribution in [2.75, 3.05) is 27.2 Å². The zero-order valence-electron chi connectivity index (χ0n) is 15.6. The molecule has 0 spiro atoms. The van der Waals surface area contributed by atoms with Crippen LogP contribution in [0.3, 0.4) is 0 Å². The number of nitrogens with one attached hydrogen (secondary N) is 1. The van der Waals surface area contributed by atoms with Gasteiger partial charge >= 0.3 is 0 Å². The highest BCUT2D eigenvalue weighted by Crippen LogP contribution is 2.15. The van der Waals surface area contributed by atoms with Crippen LogP contribution in [0.4, 0.5) is 0 Å². The number of ether oxygens (including phenoxy) is 1. The highest BCUT2D eigenvalue weighted by molar-refractivity contribution is 14.0. The van der Waals surface area contributed by atoms with E-state index in [1.165, 1.54) is 0 Å². The second-order valence-corrected chi connectivity index (χ2v) is 5.98. The summed E-state index contributed by atoms with van der Waals surface area (Å²) in [6.45, 7) is 2.00. The van der Waals surface area contributed by atoms with Gasteiger partial charge in [-0.1, -0.05) is 42.5 Å². The number of hydrogen-bond acceptors (Lipinski definition) is 3. The number of rotatable bonds is 6. The van der Waals surface area contributed by atoms with Crippen LogP contribution in [0.25, 0.3) is 10.9 Å². The molecule has 2 aromatic carbocycles. The molecule has 0 aliphatic rings. The van der Waals surface area contributed by atoms with Gasteiger partial charge in [0.25, 0.3) is 0 Å². The molecule has 0 aliphatic heterocycles. The van der Waals surface area contributed by atoms with E-state index in [9.17, 15) is 0 Å². The molecule has 0 atom stereocenters. The lowest BCUT2D eigenvalue weighted by Crippen LogP contribution is -2.40. The first-order chi connectivity index (χ1) is 12.8. The number of hydrogen-bond donors (Lipinski definition) is 1. The Hall–Kier alpha value is -2.35. The number of pyridine rings is 1. The summed E-state index contributed by atoms with van der Waals surface area (Å²) >= 11 is 0. The van der Waals surface area contributed by atoms with Gasteiger partial charge in [-0.15, -0.1) is 24.0 Å². The van der Waals surface area contributed by atoms with Gasteiger partial charge in [-0.2, -0.15) is 0 Å². The van der Waals surface area contributed by atoms with Gasteiger partial charge < -0.3 is 15.0 Å². The third-order valence-corrected chi connectivity index (χ3v) is 4.17. The summed E-state index contributed by atoms with van der Waals surface area (Å²) in [5.41, 5.74) is 2.17. The fraction of sp³-hybridized carbons (Fsp3) is 0.238. The van der Waals surface area contributed by atoms with Crippen LogP contribution in [0.15, 0.2) is 71.9 Å². The minimum Gasteiger partial charge on any atom is -0.492 e. The van der Waals surface area contributed by atoms with Crippen molar-refractivity contribution in [2.24, 2.45) is 4.99 Å². The van der Waals surface area contributed by atoms with Crippen LogP contribution in [0, 0.1) is 0 Å². The number of likely N-dealkylation sites (N-methyl/N-ethyl adjacent to an activating group) is 1. The first kappa shape index (κ1) is 21.0. The summed E-state index contributed by atoms with van der Waals surface area (Å²) in [7, 11) is 3.79. The van der Waals surface area contributed by atoms with Gasteiger partial charge in [0.2, 0.25) is 0 Å². The molecule has 0 aliphatic carbocycles. The third kappa shape index (κ3) is 5.82. The van der Waals surface area contributed by atoms with E-state index < -0.39 is 0 Å². The van der Waals surface area contributed by atoms with Gasteiger partial charge in [-0.3, -0.25) is 9.98 Å². The van der Waals surface area contributed by atoms with Crippen LogP contribution in [0.5, 0.6) is 5.75 Å². The number of guanidine groups is 1. The fourth-order valence-corrected chi connectivity index (χ4v) is 2.79. The van der Waals surface area contributed by atoms with Crippen molar-refractivity contribution in [3.8, 4) is 5.75 Å². The van der Waals surface area contributed by atoms with Gasteiger partial charge in [-0.05, 0) is 23.8 Å². The number of aliphatic imine (C=N–C) groups is 1. The monoisotopic (exact) mass is 476 g/mol. The maximum absolute atomic E-state index is 5.76. The average molecular weight is 476 g/mol. The van der Waals surface area contributed by atoms with Crippen LogP contribution in [0.1, 0.15) is 5.56 Å². The second kappa shape index (κ2) is 10.7. The molecule has 0 amide bonds. The molecule has 0 bridgehead atoms. The Morgan fingerprint density at radius 2 is 1.85 bits per heavy atom. The first-order valence-electron chi connectivity index (χ1n) is 8.70. The number of fused-ring (bicyclic) bond motifs is 1. The second-order valence-electron chi connectivity index (χ2n) is 5.98. The average Bonchev–Trinajstić information content (AvgIpc) is 2.69. The van der Waals surface area contributed by atoms with Crippen molar-refractivity contribution in [1.29, 1.82) is 0 Å². The van der Waals surface area contributed by atoms with Gasteiger partial charge in [0, 0.05) is 32.2 Å². The highest BCUT2D eigenvalue weighted by Gasteiger charge is 2.07. The third-order valence-electron chi connectivity index (χ3n) is 4.17. The molecule has 3 aromatic rings. The lowest BCUT2D eigenvalue weighted by atomic mass is 10.1. The van der Waals surface area contributed by atoms with E-state index in [0.29, 0.717) is 13.2 Å². The Balaban J connectivity index is 0.00000261. The van der Waals surface area contributed by atoms with Crippen LogP contribution in [-0.4, -0.2) is 43.1 Å². The Morgan fingerprint density at radius 3 is 2.63 bits per heavy atom. The topological polar surface area (TPSA) is 49.8 Å². The largest absolute Gasteiger partial charge is 0.492 e. The summed E-state index contributed by atoms with van der Waals surface area (Å²) < 4.78 is 5.76. The lowest BCUT2D eigenvalue weighted by Gasteiger charge is -2.22. The van der Waals surface area contributed by atoms with Crippen LogP contribution in [0.2, 0.25) is 0 Å². The predicted octanol–water partition coefficient (Wildman–Crippen LogP) is 3.94. The lowest BCUT2D eigenvalue weighted by molar-refractivity contribution is 0.281. The van der Waals surface area contributed by atoms with E-state index in [1.54, 1.807) is 7.05 Å².